The van der Waals surface area contributed by atoms with Crippen molar-refractivity contribution in [3.05, 3.63) is 83.3 Å². The molecule has 0 spiro atoms. The number of rotatable bonds is 6. The fourth-order valence-electron chi connectivity index (χ4n) is 3.38. The zero-order chi connectivity index (χ0) is 21.1. The molecule has 2 atom stereocenters. The van der Waals surface area contributed by atoms with Crippen LogP contribution in [0.3, 0.4) is 0 Å². The van der Waals surface area contributed by atoms with Crippen molar-refractivity contribution in [2.75, 3.05) is 5.32 Å². The second kappa shape index (κ2) is 8.39. The number of nitrogens with two attached hydrogens (primary N) is 2. The van der Waals surface area contributed by atoms with Gasteiger partial charge >= 0.3 is 0 Å². The number of aryl methyl sites for hydroxylation is 2. The molecule has 1 aromatic carbocycles. The topological polar surface area (TPSA) is 108 Å². The Morgan fingerprint density at radius 3 is 2.67 bits per heavy atom. The first-order valence-electron chi connectivity index (χ1n) is 9.71. The zero-order valence-corrected chi connectivity index (χ0v) is 17.4. The number of benzene rings is 1. The van der Waals surface area contributed by atoms with Crippen molar-refractivity contribution in [1.82, 2.24) is 19.7 Å². The molecule has 1 aliphatic carbocycles. The first-order chi connectivity index (χ1) is 14.4. The van der Waals surface area contributed by atoms with E-state index in [0.29, 0.717) is 5.95 Å². The third-order valence-corrected chi connectivity index (χ3v) is 5.58. The molecule has 0 fully saturated rings. The van der Waals surface area contributed by atoms with E-state index >= 15 is 0 Å². The van der Waals surface area contributed by atoms with Crippen LogP contribution in [0.1, 0.15) is 17.7 Å². The van der Waals surface area contributed by atoms with Crippen LogP contribution in [0.5, 0.6) is 0 Å². The van der Waals surface area contributed by atoms with Crippen LogP contribution in [-0.4, -0.2) is 31.3 Å². The van der Waals surface area contributed by atoms with Gasteiger partial charge in [0.25, 0.3) is 0 Å². The lowest BCUT2D eigenvalue weighted by Gasteiger charge is -2.34. The second-order valence-corrected chi connectivity index (χ2v) is 7.89. The quantitative estimate of drug-likeness (QED) is 0.564. The van der Waals surface area contributed by atoms with E-state index in [-0.39, 0.29) is 6.04 Å². The lowest BCUT2D eigenvalue weighted by atomic mass is 9.80. The molecule has 0 aliphatic heterocycles. The SMILES string of the molecule is Cn1nccc1Nc1nccc(C2=CC(N)C(N)(CCc3ccc(Cl)cc3)C=C2)n1. The van der Waals surface area contributed by atoms with Crippen LogP contribution in [0.15, 0.2) is 67.0 Å². The molecule has 5 N–H and O–H groups in total. The zero-order valence-electron chi connectivity index (χ0n) is 16.7. The molecule has 8 heteroatoms. The third-order valence-electron chi connectivity index (χ3n) is 5.32. The van der Waals surface area contributed by atoms with Gasteiger partial charge in [-0.2, -0.15) is 5.10 Å². The van der Waals surface area contributed by atoms with Gasteiger partial charge in [-0.05, 0) is 42.2 Å². The highest BCUT2D eigenvalue weighted by molar-refractivity contribution is 6.30. The van der Waals surface area contributed by atoms with Gasteiger partial charge in [-0.3, -0.25) is 4.68 Å². The maximum absolute atomic E-state index is 6.62. The van der Waals surface area contributed by atoms with Gasteiger partial charge in [-0.1, -0.05) is 42.0 Å². The van der Waals surface area contributed by atoms with E-state index in [0.717, 1.165) is 34.9 Å². The van der Waals surface area contributed by atoms with Gasteiger partial charge in [0.15, 0.2) is 0 Å². The van der Waals surface area contributed by atoms with Gasteiger partial charge in [0.05, 0.1) is 17.4 Å². The first kappa shape index (κ1) is 20.3. The van der Waals surface area contributed by atoms with Gasteiger partial charge < -0.3 is 16.8 Å². The minimum Gasteiger partial charge on any atom is -0.323 e. The maximum atomic E-state index is 6.62. The fraction of sp³-hybridized carbons (Fsp3) is 0.227. The van der Waals surface area contributed by atoms with Crippen LogP contribution in [0.4, 0.5) is 11.8 Å². The summed E-state index contributed by atoms with van der Waals surface area (Å²) < 4.78 is 1.72. The standard InChI is InChI=1S/C22H24ClN7/c1-30-20(9-13-27-30)29-21-26-12-8-18(28-21)16-7-11-22(25,19(24)14-16)10-6-15-2-4-17(23)5-3-15/h2-5,7-9,11-14,19H,6,10,24-25H2,1H3,(H,26,28,29). The van der Waals surface area contributed by atoms with Gasteiger partial charge in [-0.25, -0.2) is 9.97 Å². The summed E-state index contributed by atoms with van der Waals surface area (Å²) in [5.74, 6) is 1.30. The van der Waals surface area contributed by atoms with Crippen LogP contribution in [-0.2, 0) is 13.5 Å². The normalized spacial score (nSPS) is 20.8. The average Bonchev–Trinajstić information content (AvgIpc) is 3.14. The molecule has 0 saturated heterocycles. The summed E-state index contributed by atoms with van der Waals surface area (Å²) >= 11 is 5.96. The molecule has 0 saturated carbocycles. The van der Waals surface area contributed by atoms with Crippen LogP contribution in [0.25, 0.3) is 5.57 Å². The molecular formula is C22H24ClN7. The predicted molar refractivity (Wildman–Crippen MR) is 120 cm³/mol. The lowest BCUT2D eigenvalue weighted by Crippen LogP contribution is -2.54. The Labute approximate surface area is 180 Å². The Kier molecular flexibility index (Phi) is 5.67. The maximum Gasteiger partial charge on any atom is 0.228 e. The molecule has 0 radical (unpaired) electrons. The van der Waals surface area contributed by atoms with E-state index in [9.17, 15) is 0 Å². The second-order valence-electron chi connectivity index (χ2n) is 7.45. The third kappa shape index (κ3) is 4.43. The van der Waals surface area contributed by atoms with E-state index in [1.165, 1.54) is 5.56 Å². The van der Waals surface area contributed by atoms with E-state index in [2.05, 4.69) is 20.4 Å². The van der Waals surface area contributed by atoms with E-state index < -0.39 is 5.54 Å². The number of anilines is 2. The van der Waals surface area contributed by atoms with E-state index in [4.69, 9.17) is 23.1 Å². The number of hydrogen-bond donors (Lipinski definition) is 3. The minimum atomic E-state index is -0.619. The molecule has 30 heavy (non-hydrogen) atoms. The number of halogens is 1. The summed E-state index contributed by atoms with van der Waals surface area (Å²) in [6.45, 7) is 0. The van der Waals surface area contributed by atoms with Crippen LogP contribution < -0.4 is 16.8 Å². The predicted octanol–water partition coefficient (Wildman–Crippen LogP) is 3.22. The van der Waals surface area contributed by atoms with Gasteiger partial charge in [0, 0.05) is 30.4 Å². The van der Waals surface area contributed by atoms with Crippen molar-refractivity contribution in [3.63, 3.8) is 0 Å². The molecule has 4 rings (SSSR count). The van der Waals surface area contributed by atoms with Crippen LogP contribution in [0.2, 0.25) is 5.02 Å². The number of aromatic nitrogens is 4. The molecule has 0 amide bonds. The molecule has 2 aromatic heterocycles. The molecule has 2 unspecified atom stereocenters. The molecular weight excluding hydrogens is 398 g/mol. The summed E-state index contributed by atoms with van der Waals surface area (Å²) in [6.07, 6.45) is 10.9. The average molecular weight is 422 g/mol. The van der Waals surface area contributed by atoms with Gasteiger partial charge in [0.1, 0.15) is 5.82 Å². The fourth-order valence-corrected chi connectivity index (χ4v) is 3.51. The monoisotopic (exact) mass is 421 g/mol. The van der Waals surface area contributed by atoms with Crippen molar-refractivity contribution in [1.29, 1.82) is 0 Å². The Morgan fingerprint density at radius 1 is 1.17 bits per heavy atom. The van der Waals surface area contributed by atoms with E-state index in [1.54, 1.807) is 17.1 Å². The van der Waals surface area contributed by atoms with E-state index in [1.807, 2.05) is 61.7 Å². The summed E-state index contributed by atoms with van der Waals surface area (Å²) in [4.78, 5) is 8.89. The Balaban J connectivity index is 1.46. The number of hydrogen-bond acceptors (Lipinski definition) is 6. The summed E-state index contributed by atoms with van der Waals surface area (Å²) in [6, 6.07) is 11.2. The van der Waals surface area contributed by atoms with Crippen LogP contribution >= 0.6 is 11.6 Å². The van der Waals surface area contributed by atoms with Crippen LogP contribution in [0, 0.1) is 0 Å². The Hall–Kier alpha value is -3.00. The highest BCUT2D eigenvalue weighted by atomic mass is 35.5. The summed E-state index contributed by atoms with van der Waals surface area (Å²) in [5, 5.41) is 8.02. The summed E-state index contributed by atoms with van der Waals surface area (Å²) in [5.41, 5.74) is 15.3. The smallest absolute Gasteiger partial charge is 0.228 e. The van der Waals surface area contributed by atoms with Crippen molar-refractivity contribution in [2.45, 2.75) is 24.4 Å². The molecule has 154 valence electrons. The largest absolute Gasteiger partial charge is 0.323 e. The molecule has 1 aliphatic rings. The van der Waals surface area contributed by atoms with Crippen molar-refractivity contribution in [2.24, 2.45) is 18.5 Å². The molecule has 7 nitrogen and oxygen atoms in total. The van der Waals surface area contributed by atoms with Gasteiger partial charge in [0.2, 0.25) is 5.95 Å². The Bertz CT molecular complexity index is 1090. The molecule has 0 bridgehead atoms. The van der Waals surface area contributed by atoms with Crippen molar-refractivity contribution >= 4 is 28.9 Å². The lowest BCUT2D eigenvalue weighted by molar-refractivity contribution is 0.437. The number of allylic oxidation sites excluding steroid dienone is 2. The van der Waals surface area contributed by atoms with Crippen molar-refractivity contribution < 1.29 is 0 Å². The van der Waals surface area contributed by atoms with Gasteiger partial charge in [-0.15, -0.1) is 0 Å². The highest BCUT2D eigenvalue weighted by Gasteiger charge is 2.31. The first-order valence-corrected chi connectivity index (χ1v) is 10.1. The number of nitrogens with one attached hydrogen (secondary N) is 1. The highest BCUT2D eigenvalue weighted by Crippen LogP contribution is 2.28. The summed E-state index contributed by atoms with van der Waals surface area (Å²) in [7, 11) is 1.85. The minimum absolute atomic E-state index is 0.326. The molecule has 2 heterocycles. The number of nitrogens with zero attached hydrogens (tertiary/aromatic N) is 4. The molecule has 3 aromatic rings. The van der Waals surface area contributed by atoms with Crippen molar-refractivity contribution in [3.8, 4) is 0 Å². The Morgan fingerprint density at radius 2 is 1.97 bits per heavy atom.